The molecule has 1 saturated heterocycles. The second-order valence-electron chi connectivity index (χ2n) is 7.57. The summed E-state index contributed by atoms with van der Waals surface area (Å²) < 4.78 is 5.63. The first-order valence-corrected chi connectivity index (χ1v) is 10.3. The van der Waals surface area contributed by atoms with Gasteiger partial charge in [0, 0.05) is 18.8 Å². The van der Waals surface area contributed by atoms with E-state index in [1.807, 2.05) is 38.1 Å². The van der Waals surface area contributed by atoms with Gasteiger partial charge in [0.05, 0.1) is 15.7 Å². The van der Waals surface area contributed by atoms with Crippen LogP contribution in [0.3, 0.4) is 0 Å². The predicted molar refractivity (Wildman–Crippen MR) is 117 cm³/mol. The number of carbonyl (C=O) groups excluding carboxylic acids is 1. The molecule has 0 unspecified atom stereocenters. The van der Waals surface area contributed by atoms with E-state index >= 15 is 0 Å². The van der Waals surface area contributed by atoms with Crippen molar-refractivity contribution in [2.24, 2.45) is 5.92 Å². The average molecular weight is 421 g/mol. The van der Waals surface area contributed by atoms with Crippen molar-refractivity contribution in [2.75, 3.05) is 29.9 Å². The number of amides is 1. The molecule has 150 valence electrons. The number of nitrogens with zero attached hydrogens (tertiary/aromatic N) is 1. The number of hydrogen-bond acceptors (Lipinski definition) is 3. The quantitative estimate of drug-likeness (QED) is 0.657. The van der Waals surface area contributed by atoms with Crippen molar-refractivity contribution in [3.63, 3.8) is 0 Å². The molecule has 0 aromatic heterocycles. The molecule has 0 spiro atoms. The molecule has 1 aliphatic rings. The Hall–Kier alpha value is -1.91. The molecule has 1 amide bonds. The maximum Gasteiger partial charge on any atom is 0.262 e. The number of carbonyl (C=O) groups is 1. The van der Waals surface area contributed by atoms with Crippen LogP contribution < -0.4 is 15.0 Å². The third-order valence-electron chi connectivity index (χ3n) is 5.08. The third kappa shape index (κ3) is 5.12. The lowest BCUT2D eigenvalue weighted by Gasteiger charge is -2.32. The molecule has 1 heterocycles. The van der Waals surface area contributed by atoms with Gasteiger partial charge in [-0.25, -0.2) is 0 Å². The smallest absolute Gasteiger partial charge is 0.262 e. The van der Waals surface area contributed by atoms with Crippen LogP contribution >= 0.6 is 23.2 Å². The lowest BCUT2D eigenvalue weighted by atomic mass is 9.99. The molecule has 6 heteroatoms. The lowest BCUT2D eigenvalue weighted by Crippen LogP contribution is -2.32. The van der Waals surface area contributed by atoms with Crippen LogP contribution in [-0.2, 0) is 4.79 Å². The molecule has 2 aromatic rings. The highest BCUT2D eigenvalue weighted by atomic mass is 35.5. The van der Waals surface area contributed by atoms with E-state index < -0.39 is 0 Å². The number of benzene rings is 2. The highest BCUT2D eigenvalue weighted by molar-refractivity contribution is 6.33. The molecule has 28 heavy (non-hydrogen) atoms. The monoisotopic (exact) mass is 420 g/mol. The zero-order valence-corrected chi connectivity index (χ0v) is 18.0. The first kappa shape index (κ1) is 20.8. The summed E-state index contributed by atoms with van der Waals surface area (Å²) in [5, 5.41) is 3.98. The van der Waals surface area contributed by atoms with E-state index in [0.29, 0.717) is 21.5 Å². The van der Waals surface area contributed by atoms with Gasteiger partial charge in [-0.1, -0.05) is 36.2 Å². The van der Waals surface area contributed by atoms with Gasteiger partial charge >= 0.3 is 0 Å². The van der Waals surface area contributed by atoms with Crippen molar-refractivity contribution in [2.45, 2.75) is 33.6 Å². The van der Waals surface area contributed by atoms with Gasteiger partial charge in [0.1, 0.15) is 5.75 Å². The lowest BCUT2D eigenvalue weighted by molar-refractivity contribution is -0.118. The van der Waals surface area contributed by atoms with Crippen molar-refractivity contribution in [3.05, 3.63) is 51.5 Å². The van der Waals surface area contributed by atoms with E-state index in [9.17, 15) is 4.79 Å². The molecule has 2 aromatic carbocycles. The molecule has 0 bridgehead atoms. The fourth-order valence-electron chi connectivity index (χ4n) is 3.51. The van der Waals surface area contributed by atoms with Crippen LogP contribution in [0.25, 0.3) is 0 Å². The molecular weight excluding hydrogens is 395 g/mol. The van der Waals surface area contributed by atoms with Crippen LogP contribution in [0.1, 0.15) is 30.9 Å². The van der Waals surface area contributed by atoms with Crippen molar-refractivity contribution >= 4 is 40.5 Å². The number of ether oxygens (including phenoxy) is 1. The second kappa shape index (κ2) is 9.06. The summed E-state index contributed by atoms with van der Waals surface area (Å²) >= 11 is 12.7. The summed E-state index contributed by atoms with van der Waals surface area (Å²) in [6, 6.07) is 9.43. The summed E-state index contributed by atoms with van der Waals surface area (Å²) in [6.45, 7) is 8.06. The van der Waals surface area contributed by atoms with Gasteiger partial charge in [0.2, 0.25) is 0 Å². The van der Waals surface area contributed by atoms with Crippen molar-refractivity contribution in [1.82, 2.24) is 0 Å². The molecule has 0 aliphatic carbocycles. The minimum atomic E-state index is -0.258. The zero-order valence-electron chi connectivity index (χ0n) is 16.5. The fourth-order valence-corrected chi connectivity index (χ4v) is 4.19. The normalized spacial score (nSPS) is 14.8. The zero-order chi connectivity index (χ0) is 20.3. The summed E-state index contributed by atoms with van der Waals surface area (Å²) in [4.78, 5) is 14.6. The summed E-state index contributed by atoms with van der Waals surface area (Å²) in [7, 11) is 0. The topological polar surface area (TPSA) is 41.6 Å². The predicted octanol–water partition coefficient (Wildman–Crippen LogP) is 5.86. The van der Waals surface area contributed by atoms with Gasteiger partial charge in [-0.3, -0.25) is 4.79 Å². The molecule has 0 saturated carbocycles. The summed E-state index contributed by atoms with van der Waals surface area (Å²) in [5.41, 5.74) is 3.63. The minimum Gasteiger partial charge on any atom is -0.482 e. The number of hydrogen-bond donors (Lipinski definition) is 1. The molecule has 1 fully saturated rings. The third-order valence-corrected chi connectivity index (χ3v) is 5.66. The number of nitrogens with one attached hydrogen (secondary N) is 1. The maximum absolute atomic E-state index is 12.3. The van der Waals surface area contributed by atoms with Gasteiger partial charge in [-0.2, -0.15) is 0 Å². The molecule has 0 radical (unpaired) electrons. The Balaban J connectivity index is 1.59. The standard InChI is InChI=1S/C22H26Cl2N2O2/c1-14-6-8-26(9-7-14)20-5-4-17(12-18(20)23)25-21(27)13-28-22-16(3)10-15(2)11-19(22)24/h4-5,10-12,14H,6-9,13H2,1-3H3,(H,25,27). The van der Waals surface area contributed by atoms with Crippen LogP contribution in [0.2, 0.25) is 10.0 Å². The Morgan fingerprint density at radius 2 is 1.86 bits per heavy atom. The van der Waals surface area contributed by atoms with Crippen LogP contribution in [0.4, 0.5) is 11.4 Å². The van der Waals surface area contributed by atoms with Crippen molar-refractivity contribution in [1.29, 1.82) is 0 Å². The molecular formula is C22H26Cl2N2O2. The molecule has 4 nitrogen and oxygen atoms in total. The first-order valence-electron chi connectivity index (χ1n) is 9.57. The molecule has 1 N–H and O–H groups in total. The van der Waals surface area contributed by atoms with Crippen LogP contribution in [0.5, 0.6) is 5.75 Å². The van der Waals surface area contributed by atoms with Crippen LogP contribution in [0.15, 0.2) is 30.3 Å². The van der Waals surface area contributed by atoms with E-state index in [-0.39, 0.29) is 12.5 Å². The summed E-state index contributed by atoms with van der Waals surface area (Å²) in [6.07, 6.45) is 2.35. The highest BCUT2D eigenvalue weighted by Gasteiger charge is 2.18. The van der Waals surface area contributed by atoms with Crippen molar-refractivity contribution in [3.8, 4) is 5.75 Å². The Kier molecular flexibility index (Phi) is 6.73. The number of piperidine rings is 1. The van der Waals surface area contributed by atoms with Gasteiger partial charge in [0.25, 0.3) is 5.91 Å². The van der Waals surface area contributed by atoms with E-state index in [1.54, 1.807) is 6.07 Å². The molecule has 1 aliphatic heterocycles. The van der Waals surface area contributed by atoms with E-state index in [4.69, 9.17) is 27.9 Å². The first-order chi connectivity index (χ1) is 13.3. The number of rotatable bonds is 5. The summed E-state index contributed by atoms with van der Waals surface area (Å²) in [5.74, 6) is 1.04. The SMILES string of the molecule is Cc1cc(C)c(OCC(=O)Nc2ccc(N3CCC(C)CC3)c(Cl)c2)c(Cl)c1. The van der Waals surface area contributed by atoms with E-state index in [0.717, 1.165) is 35.8 Å². The largest absolute Gasteiger partial charge is 0.482 e. The highest BCUT2D eigenvalue weighted by Crippen LogP contribution is 2.32. The van der Waals surface area contributed by atoms with E-state index in [2.05, 4.69) is 17.1 Å². The van der Waals surface area contributed by atoms with Crippen molar-refractivity contribution < 1.29 is 9.53 Å². The Morgan fingerprint density at radius 3 is 2.50 bits per heavy atom. The molecule has 0 atom stereocenters. The van der Waals surface area contributed by atoms with E-state index in [1.165, 1.54) is 12.8 Å². The van der Waals surface area contributed by atoms with Gasteiger partial charge < -0.3 is 15.0 Å². The maximum atomic E-state index is 12.3. The Morgan fingerprint density at radius 1 is 1.14 bits per heavy atom. The average Bonchev–Trinajstić information content (AvgIpc) is 2.62. The number of aryl methyl sites for hydroxylation is 2. The van der Waals surface area contributed by atoms with Gasteiger partial charge in [-0.05, 0) is 68.0 Å². The number of halogens is 2. The molecule has 3 rings (SSSR count). The Labute approximate surface area is 176 Å². The fraction of sp³-hybridized carbons (Fsp3) is 0.409. The second-order valence-corrected chi connectivity index (χ2v) is 8.38. The van der Waals surface area contributed by atoms with Gasteiger partial charge in [-0.15, -0.1) is 0 Å². The van der Waals surface area contributed by atoms with Crippen LogP contribution in [0, 0.1) is 19.8 Å². The van der Waals surface area contributed by atoms with Crippen LogP contribution in [-0.4, -0.2) is 25.6 Å². The number of anilines is 2. The van der Waals surface area contributed by atoms with Gasteiger partial charge in [0.15, 0.2) is 6.61 Å². The Bertz CT molecular complexity index is 839. The minimum absolute atomic E-state index is 0.118.